The van der Waals surface area contributed by atoms with E-state index in [1.165, 1.54) is 12.1 Å². The number of nitrogens with zero attached hydrogens (tertiary/aromatic N) is 1. The summed E-state index contributed by atoms with van der Waals surface area (Å²) in [7, 11) is 0. The fourth-order valence-corrected chi connectivity index (χ4v) is 4.29. The number of carboxylic acid groups (broad SMARTS) is 1. The Bertz CT molecular complexity index is 1240. The van der Waals surface area contributed by atoms with Crippen LogP contribution >= 0.6 is 0 Å². The molecule has 2 rings (SSSR count). The van der Waals surface area contributed by atoms with Crippen molar-refractivity contribution in [3.8, 4) is 5.75 Å². The van der Waals surface area contributed by atoms with Crippen molar-refractivity contribution in [3.63, 3.8) is 0 Å². The molecule has 13 nitrogen and oxygen atoms in total. The van der Waals surface area contributed by atoms with E-state index in [0.29, 0.717) is 12.8 Å². The van der Waals surface area contributed by atoms with Crippen LogP contribution in [0, 0.1) is 5.92 Å². The molecular weight excluding hydrogens is 554 g/mol. The van der Waals surface area contributed by atoms with Crippen molar-refractivity contribution in [1.29, 1.82) is 0 Å². The standard InChI is InChI=1S/C30H43N7O6/c1-3-18(2)25(28(41)35-23(29(42)43)10-7-15-34-30(32)33)37-27(40)24(17-19-8-5-4-6-9-19)36-26(39)22(31)16-20-11-13-21(38)14-12-20/h4-6,8-9,11-14,18,22-25,38H,3,7,10,15-17,31H2,1-2H3,(H,35,41)(H,36,39)(H,37,40)(H,42,43)(H4,32,33,34). The van der Waals surface area contributed by atoms with Crippen LogP contribution in [0.1, 0.15) is 44.2 Å². The molecule has 0 saturated carbocycles. The highest BCUT2D eigenvalue weighted by molar-refractivity contribution is 5.94. The molecule has 13 heteroatoms. The molecule has 2 aromatic rings. The predicted octanol–water partition coefficient (Wildman–Crippen LogP) is 0.143. The maximum atomic E-state index is 13.6. The number of benzene rings is 2. The van der Waals surface area contributed by atoms with Gasteiger partial charge in [-0.05, 0) is 48.4 Å². The molecule has 0 heterocycles. The third-order valence-corrected chi connectivity index (χ3v) is 7.00. The van der Waals surface area contributed by atoms with Crippen molar-refractivity contribution in [2.24, 2.45) is 28.1 Å². The van der Waals surface area contributed by atoms with Crippen LogP contribution in [-0.4, -0.2) is 70.6 Å². The number of amides is 3. The lowest BCUT2D eigenvalue weighted by Gasteiger charge is -2.28. The average Bonchev–Trinajstić information content (AvgIpc) is 2.97. The number of aliphatic imine (C=N–C) groups is 1. The van der Waals surface area contributed by atoms with E-state index in [4.69, 9.17) is 17.2 Å². The Balaban J connectivity index is 2.19. The number of guanidine groups is 1. The van der Waals surface area contributed by atoms with Crippen LogP contribution in [0.15, 0.2) is 59.6 Å². The Morgan fingerprint density at radius 3 is 2.02 bits per heavy atom. The predicted molar refractivity (Wildman–Crippen MR) is 163 cm³/mol. The molecule has 0 bridgehead atoms. The quantitative estimate of drug-likeness (QED) is 0.0702. The molecule has 43 heavy (non-hydrogen) atoms. The minimum absolute atomic E-state index is 0.0740. The minimum atomic E-state index is -1.23. The lowest BCUT2D eigenvalue weighted by molar-refractivity contribution is -0.142. The number of hydrogen-bond donors (Lipinski definition) is 8. The number of nitrogens with one attached hydrogen (secondary N) is 3. The van der Waals surface area contributed by atoms with Gasteiger partial charge < -0.3 is 43.4 Å². The van der Waals surface area contributed by atoms with E-state index in [-0.39, 0.29) is 43.4 Å². The Morgan fingerprint density at radius 2 is 1.44 bits per heavy atom. The summed E-state index contributed by atoms with van der Waals surface area (Å²) in [5.74, 6) is -3.47. The first-order chi connectivity index (χ1) is 20.4. The maximum absolute atomic E-state index is 13.6. The number of hydrogen-bond acceptors (Lipinski definition) is 7. The van der Waals surface area contributed by atoms with E-state index >= 15 is 0 Å². The molecule has 0 aliphatic heterocycles. The zero-order valence-electron chi connectivity index (χ0n) is 24.5. The monoisotopic (exact) mass is 597 g/mol. The van der Waals surface area contributed by atoms with E-state index in [0.717, 1.165) is 11.1 Å². The molecule has 0 aliphatic carbocycles. The van der Waals surface area contributed by atoms with Gasteiger partial charge >= 0.3 is 5.97 Å². The normalized spacial score (nSPS) is 14.3. The lowest BCUT2D eigenvalue weighted by atomic mass is 9.96. The van der Waals surface area contributed by atoms with Crippen molar-refractivity contribution in [1.82, 2.24) is 16.0 Å². The first-order valence-corrected chi connectivity index (χ1v) is 14.2. The second kappa shape index (κ2) is 17.3. The Morgan fingerprint density at radius 1 is 0.837 bits per heavy atom. The largest absolute Gasteiger partial charge is 0.508 e. The second-order valence-electron chi connectivity index (χ2n) is 10.4. The molecular formula is C30H43N7O6. The third-order valence-electron chi connectivity index (χ3n) is 7.00. The number of phenolic OH excluding ortho intramolecular Hbond substituents is 1. The van der Waals surface area contributed by atoms with Crippen LogP contribution in [-0.2, 0) is 32.0 Å². The summed E-state index contributed by atoms with van der Waals surface area (Å²) in [5.41, 5.74) is 18.3. The van der Waals surface area contributed by atoms with Gasteiger partial charge in [-0.3, -0.25) is 19.4 Å². The summed E-state index contributed by atoms with van der Waals surface area (Å²) in [5, 5.41) is 27.1. The van der Waals surface area contributed by atoms with Crippen LogP contribution in [0.4, 0.5) is 0 Å². The SMILES string of the molecule is CCC(C)C(NC(=O)C(Cc1ccccc1)NC(=O)C(N)Cc1ccc(O)cc1)C(=O)NC(CCCN=C(N)N)C(=O)O. The Hall–Kier alpha value is -4.65. The molecule has 5 atom stereocenters. The summed E-state index contributed by atoms with van der Waals surface area (Å²) in [6.07, 6.45) is 1.19. The summed E-state index contributed by atoms with van der Waals surface area (Å²) >= 11 is 0. The average molecular weight is 598 g/mol. The van der Waals surface area contributed by atoms with Crippen molar-refractivity contribution >= 4 is 29.7 Å². The highest BCUT2D eigenvalue weighted by Gasteiger charge is 2.32. The number of nitrogens with two attached hydrogens (primary N) is 3. The molecule has 0 aliphatic rings. The van der Waals surface area contributed by atoms with Crippen molar-refractivity contribution in [2.75, 3.05) is 6.54 Å². The van der Waals surface area contributed by atoms with Crippen LogP contribution in [0.2, 0.25) is 0 Å². The van der Waals surface area contributed by atoms with E-state index in [1.54, 1.807) is 43.3 Å². The van der Waals surface area contributed by atoms with E-state index < -0.39 is 47.9 Å². The molecule has 0 spiro atoms. The topological polar surface area (TPSA) is 235 Å². The zero-order valence-corrected chi connectivity index (χ0v) is 24.5. The van der Waals surface area contributed by atoms with Gasteiger partial charge in [-0.2, -0.15) is 0 Å². The summed E-state index contributed by atoms with van der Waals surface area (Å²) in [6.45, 7) is 3.80. The van der Waals surface area contributed by atoms with Gasteiger partial charge in [0.2, 0.25) is 17.7 Å². The number of carboxylic acids is 1. The van der Waals surface area contributed by atoms with Crippen molar-refractivity contribution in [2.45, 2.75) is 70.1 Å². The summed E-state index contributed by atoms with van der Waals surface area (Å²) < 4.78 is 0. The molecule has 0 aromatic heterocycles. The summed E-state index contributed by atoms with van der Waals surface area (Å²) in [4.78, 5) is 55.6. The summed E-state index contributed by atoms with van der Waals surface area (Å²) in [6, 6.07) is 11.0. The molecule has 2 aromatic carbocycles. The second-order valence-corrected chi connectivity index (χ2v) is 10.4. The molecule has 11 N–H and O–H groups in total. The van der Waals surface area contributed by atoms with E-state index in [1.807, 2.05) is 13.0 Å². The van der Waals surface area contributed by atoms with Gasteiger partial charge in [0.1, 0.15) is 23.9 Å². The highest BCUT2D eigenvalue weighted by Crippen LogP contribution is 2.13. The fourth-order valence-electron chi connectivity index (χ4n) is 4.29. The van der Waals surface area contributed by atoms with E-state index in [2.05, 4.69) is 20.9 Å². The Labute approximate surface area is 251 Å². The first-order valence-electron chi connectivity index (χ1n) is 14.2. The van der Waals surface area contributed by atoms with Gasteiger partial charge in [-0.1, -0.05) is 62.7 Å². The van der Waals surface area contributed by atoms with Gasteiger partial charge in [0.15, 0.2) is 5.96 Å². The highest BCUT2D eigenvalue weighted by atomic mass is 16.4. The van der Waals surface area contributed by atoms with Crippen LogP contribution in [0.25, 0.3) is 0 Å². The van der Waals surface area contributed by atoms with Gasteiger partial charge in [0, 0.05) is 13.0 Å². The van der Waals surface area contributed by atoms with E-state index in [9.17, 15) is 29.4 Å². The van der Waals surface area contributed by atoms with Gasteiger partial charge in [0.05, 0.1) is 6.04 Å². The molecule has 5 unspecified atom stereocenters. The van der Waals surface area contributed by atoms with Crippen LogP contribution < -0.4 is 33.2 Å². The van der Waals surface area contributed by atoms with Crippen LogP contribution in [0.3, 0.4) is 0 Å². The van der Waals surface area contributed by atoms with Crippen LogP contribution in [0.5, 0.6) is 5.75 Å². The lowest BCUT2D eigenvalue weighted by Crippen LogP contribution is -2.59. The number of carbonyl (C=O) groups is 4. The molecule has 234 valence electrons. The molecule has 3 amide bonds. The van der Waals surface area contributed by atoms with Crippen molar-refractivity contribution < 1.29 is 29.4 Å². The maximum Gasteiger partial charge on any atom is 0.326 e. The molecule has 0 saturated heterocycles. The number of carbonyl (C=O) groups excluding carboxylic acids is 3. The minimum Gasteiger partial charge on any atom is -0.508 e. The number of phenols is 1. The smallest absolute Gasteiger partial charge is 0.326 e. The molecule has 0 radical (unpaired) electrons. The zero-order chi connectivity index (χ0) is 31.9. The Kier molecular flexibility index (Phi) is 13.9. The van der Waals surface area contributed by atoms with Gasteiger partial charge in [-0.15, -0.1) is 0 Å². The number of aromatic hydroxyl groups is 1. The number of rotatable bonds is 17. The van der Waals surface area contributed by atoms with Gasteiger partial charge in [0.25, 0.3) is 0 Å². The fraction of sp³-hybridized carbons (Fsp3) is 0.433. The van der Waals surface area contributed by atoms with Gasteiger partial charge in [-0.25, -0.2) is 4.79 Å². The molecule has 0 fully saturated rings. The van der Waals surface area contributed by atoms with Crippen molar-refractivity contribution in [3.05, 3.63) is 65.7 Å². The first kappa shape index (κ1) is 34.6. The number of aliphatic carboxylic acids is 1. The third kappa shape index (κ3) is 12.0.